The van der Waals surface area contributed by atoms with Gasteiger partial charge in [0.15, 0.2) is 0 Å². The molecule has 0 saturated carbocycles. The van der Waals surface area contributed by atoms with Crippen molar-refractivity contribution >= 4 is 22.9 Å². The summed E-state index contributed by atoms with van der Waals surface area (Å²) in [6.07, 6.45) is 0.894. The van der Waals surface area contributed by atoms with Crippen LogP contribution in [0.5, 0.6) is 0 Å². The number of hydrogen-bond donors (Lipinski definition) is 2. The summed E-state index contributed by atoms with van der Waals surface area (Å²) in [7, 11) is 1.72. The van der Waals surface area contributed by atoms with Gasteiger partial charge in [-0.2, -0.15) is 0 Å². The molecule has 0 amide bonds. The van der Waals surface area contributed by atoms with E-state index in [0.29, 0.717) is 18.1 Å². The van der Waals surface area contributed by atoms with E-state index in [-0.39, 0.29) is 5.60 Å². The SMILES string of the molecule is COC1(CNc2ccc(C)cc2C(N)=S)CCOC1. The Kier molecular flexibility index (Phi) is 4.39. The lowest BCUT2D eigenvalue weighted by Crippen LogP contribution is -2.39. The van der Waals surface area contributed by atoms with Gasteiger partial charge in [0, 0.05) is 37.9 Å². The van der Waals surface area contributed by atoms with Crippen LogP contribution in [-0.4, -0.2) is 37.5 Å². The highest BCUT2D eigenvalue weighted by atomic mass is 32.1. The van der Waals surface area contributed by atoms with Gasteiger partial charge in [-0.3, -0.25) is 0 Å². The molecule has 1 saturated heterocycles. The lowest BCUT2D eigenvalue weighted by atomic mass is 10.0. The van der Waals surface area contributed by atoms with Crippen LogP contribution in [0.25, 0.3) is 0 Å². The Morgan fingerprint density at radius 3 is 2.95 bits per heavy atom. The quantitative estimate of drug-likeness (QED) is 0.806. The lowest BCUT2D eigenvalue weighted by molar-refractivity contribution is -0.00620. The zero-order valence-electron chi connectivity index (χ0n) is 11.4. The molecule has 1 aromatic rings. The monoisotopic (exact) mass is 280 g/mol. The number of ether oxygens (including phenoxy) is 2. The Balaban J connectivity index is 2.13. The van der Waals surface area contributed by atoms with Crippen molar-refractivity contribution in [1.82, 2.24) is 0 Å². The van der Waals surface area contributed by atoms with Crippen LogP contribution in [0, 0.1) is 6.92 Å². The number of aryl methyl sites for hydroxylation is 1. The van der Waals surface area contributed by atoms with Crippen LogP contribution in [0.15, 0.2) is 18.2 Å². The number of thiocarbonyl (C=S) groups is 1. The molecule has 1 aliphatic heterocycles. The summed E-state index contributed by atoms with van der Waals surface area (Å²) >= 11 is 5.10. The number of rotatable bonds is 5. The third-order valence-electron chi connectivity index (χ3n) is 3.54. The first-order valence-electron chi connectivity index (χ1n) is 6.33. The summed E-state index contributed by atoms with van der Waals surface area (Å²) in [6.45, 7) is 4.06. The maximum Gasteiger partial charge on any atom is 0.110 e. The van der Waals surface area contributed by atoms with E-state index in [9.17, 15) is 0 Å². The van der Waals surface area contributed by atoms with Crippen molar-refractivity contribution in [2.45, 2.75) is 18.9 Å². The molecule has 0 aliphatic carbocycles. The van der Waals surface area contributed by atoms with Crippen molar-refractivity contribution in [1.29, 1.82) is 0 Å². The summed E-state index contributed by atoms with van der Waals surface area (Å²) in [5.74, 6) is 0. The van der Waals surface area contributed by atoms with E-state index in [1.54, 1.807) is 7.11 Å². The molecule has 0 spiro atoms. The fraction of sp³-hybridized carbons (Fsp3) is 0.500. The van der Waals surface area contributed by atoms with Crippen LogP contribution >= 0.6 is 12.2 Å². The Morgan fingerprint density at radius 2 is 2.37 bits per heavy atom. The molecule has 2 rings (SSSR count). The highest BCUT2D eigenvalue weighted by Gasteiger charge is 2.34. The van der Waals surface area contributed by atoms with Crippen LogP contribution in [0.1, 0.15) is 17.5 Å². The maximum absolute atomic E-state index is 5.77. The predicted molar refractivity (Wildman–Crippen MR) is 80.7 cm³/mol. The molecule has 1 atom stereocenters. The van der Waals surface area contributed by atoms with Gasteiger partial charge in [-0.1, -0.05) is 23.8 Å². The highest BCUT2D eigenvalue weighted by molar-refractivity contribution is 7.80. The molecular formula is C14H20N2O2S. The molecule has 104 valence electrons. The van der Waals surface area contributed by atoms with Crippen LogP contribution in [0.2, 0.25) is 0 Å². The zero-order chi connectivity index (χ0) is 13.9. The first kappa shape index (κ1) is 14.2. The molecule has 1 aliphatic rings. The Morgan fingerprint density at radius 1 is 1.58 bits per heavy atom. The summed E-state index contributed by atoms with van der Waals surface area (Å²) < 4.78 is 11.0. The lowest BCUT2D eigenvalue weighted by Gasteiger charge is -2.27. The second-order valence-electron chi connectivity index (χ2n) is 4.96. The average molecular weight is 280 g/mol. The van der Waals surface area contributed by atoms with E-state index < -0.39 is 0 Å². The number of hydrogen-bond acceptors (Lipinski definition) is 4. The van der Waals surface area contributed by atoms with E-state index in [1.807, 2.05) is 25.1 Å². The molecular weight excluding hydrogens is 260 g/mol. The molecule has 0 radical (unpaired) electrons. The fourth-order valence-corrected chi connectivity index (χ4v) is 2.40. The van der Waals surface area contributed by atoms with Gasteiger partial charge in [0.2, 0.25) is 0 Å². The normalized spacial score (nSPS) is 22.4. The fourth-order valence-electron chi connectivity index (χ4n) is 2.23. The third kappa shape index (κ3) is 3.23. The largest absolute Gasteiger partial charge is 0.389 e. The molecule has 0 aromatic heterocycles. The Labute approximate surface area is 119 Å². The smallest absolute Gasteiger partial charge is 0.110 e. The van der Waals surface area contributed by atoms with Crippen LogP contribution in [0.3, 0.4) is 0 Å². The summed E-state index contributed by atoms with van der Waals surface area (Å²) in [4.78, 5) is 0.403. The maximum atomic E-state index is 5.77. The molecule has 1 fully saturated rings. The molecule has 1 heterocycles. The Bertz CT molecular complexity index is 471. The molecule has 4 nitrogen and oxygen atoms in total. The van der Waals surface area contributed by atoms with Gasteiger partial charge in [0.1, 0.15) is 10.6 Å². The average Bonchev–Trinajstić information content (AvgIpc) is 2.86. The molecule has 1 aromatic carbocycles. The van der Waals surface area contributed by atoms with Crippen molar-refractivity contribution in [3.63, 3.8) is 0 Å². The standard InChI is InChI=1S/C14H20N2O2S/c1-10-3-4-12(11(7-10)13(15)19)16-8-14(17-2)5-6-18-9-14/h3-4,7,16H,5-6,8-9H2,1-2H3,(H2,15,19). The summed E-state index contributed by atoms with van der Waals surface area (Å²) in [5, 5.41) is 3.38. The molecule has 1 unspecified atom stereocenters. The first-order chi connectivity index (χ1) is 9.06. The molecule has 19 heavy (non-hydrogen) atoms. The predicted octanol–water partition coefficient (Wildman–Crippen LogP) is 1.85. The van der Waals surface area contributed by atoms with Gasteiger partial charge < -0.3 is 20.5 Å². The third-order valence-corrected chi connectivity index (χ3v) is 3.76. The van der Waals surface area contributed by atoms with E-state index in [1.165, 1.54) is 0 Å². The van der Waals surface area contributed by atoms with E-state index in [2.05, 4.69) is 5.32 Å². The Hall–Kier alpha value is -1.17. The minimum Gasteiger partial charge on any atom is -0.389 e. The second kappa shape index (κ2) is 5.86. The minimum absolute atomic E-state index is 0.252. The molecule has 5 heteroatoms. The van der Waals surface area contributed by atoms with Crippen LogP contribution in [0.4, 0.5) is 5.69 Å². The minimum atomic E-state index is -0.252. The van der Waals surface area contributed by atoms with Gasteiger partial charge in [-0.25, -0.2) is 0 Å². The topological polar surface area (TPSA) is 56.5 Å². The molecule has 3 N–H and O–H groups in total. The van der Waals surface area contributed by atoms with Crippen molar-refractivity contribution in [2.24, 2.45) is 5.73 Å². The van der Waals surface area contributed by atoms with Gasteiger partial charge in [-0.15, -0.1) is 0 Å². The number of benzene rings is 1. The number of methoxy groups -OCH3 is 1. The molecule has 0 bridgehead atoms. The van der Waals surface area contributed by atoms with E-state index in [0.717, 1.165) is 29.8 Å². The van der Waals surface area contributed by atoms with Gasteiger partial charge >= 0.3 is 0 Å². The van der Waals surface area contributed by atoms with Gasteiger partial charge in [0.05, 0.1) is 6.61 Å². The van der Waals surface area contributed by atoms with Crippen molar-refractivity contribution in [3.8, 4) is 0 Å². The van der Waals surface area contributed by atoms with Crippen molar-refractivity contribution in [3.05, 3.63) is 29.3 Å². The highest BCUT2D eigenvalue weighted by Crippen LogP contribution is 2.24. The van der Waals surface area contributed by atoms with E-state index in [4.69, 9.17) is 27.4 Å². The van der Waals surface area contributed by atoms with E-state index >= 15 is 0 Å². The second-order valence-corrected chi connectivity index (χ2v) is 5.40. The van der Waals surface area contributed by atoms with Crippen LogP contribution in [-0.2, 0) is 9.47 Å². The van der Waals surface area contributed by atoms with Crippen molar-refractivity contribution in [2.75, 3.05) is 32.2 Å². The van der Waals surface area contributed by atoms with Gasteiger partial charge in [0.25, 0.3) is 0 Å². The van der Waals surface area contributed by atoms with Crippen LogP contribution < -0.4 is 11.1 Å². The summed E-state index contributed by atoms with van der Waals surface area (Å²) in [5.41, 5.74) is 8.48. The van der Waals surface area contributed by atoms with Gasteiger partial charge in [-0.05, 0) is 19.1 Å². The number of nitrogens with two attached hydrogens (primary N) is 1. The summed E-state index contributed by atoms with van der Waals surface area (Å²) in [6, 6.07) is 6.03. The zero-order valence-corrected chi connectivity index (χ0v) is 12.2. The van der Waals surface area contributed by atoms with Crippen molar-refractivity contribution < 1.29 is 9.47 Å². The first-order valence-corrected chi connectivity index (χ1v) is 6.74. The number of nitrogens with one attached hydrogen (secondary N) is 1. The number of anilines is 1.